The quantitative estimate of drug-likeness (QED) is 0.943. The topological polar surface area (TPSA) is 51.4 Å². The highest BCUT2D eigenvalue weighted by Gasteiger charge is 2.24. The van der Waals surface area contributed by atoms with Crippen molar-refractivity contribution in [3.8, 4) is 5.75 Å². The van der Waals surface area contributed by atoms with Gasteiger partial charge >= 0.3 is 0 Å². The van der Waals surface area contributed by atoms with Crippen LogP contribution in [0.25, 0.3) is 0 Å². The Morgan fingerprint density at radius 3 is 3.05 bits per heavy atom. The number of nitrogens with two attached hydrogens (primary N) is 1. The largest absolute Gasteiger partial charge is 0.489 e. The van der Waals surface area contributed by atoms with Crippen LogP contribution in [0.15, 0.2) is 42.6 Å². The molecule has 0 radical (unpaired) electrons. The number of hydrogen-bond donors (Lipinski definition) is 1. The molecule has 0 saturated carbocycles. The van der Waals surface area contributed by atoms with Crippen molar-refractivity contribution in [1.82, 2.24) is 9.88 Å². The average molecular weight is 304 g/mol. The Bertz CT molecular complexity index is 566. The molecule has 1 aromatic carbocycles. The number of nitrogen functional groups attached to an aromatic ring is 1. The number of ether oxygens (including phenoxy) is 1. The van der Waals surface area contributed by atoms with Crippen LogP contribution in [0.4, 0.5) is 5.82 Å². The third-order valence-electron chi connectivity index (χ3n) is 3.58. The molecule has 2 N–H and O–H groups in total. The fraction of sp³-hybridized carbons (Fsp3) is 0.312. The summed E-state index contributed by atoms with van der Waals surface area (Å²) >= 11 is 5.97. The molecule has 0 aliphatic carbocycles. The van der Waals surface area contributed by atoms with Crippen LogP contribution in [0.1, 0.15) is 12.0 Å². The van der Waals surface area contributed by atoms with E-state index in [-0.39, 0.29) is 6.10 Å². The minimum atomic E-state index is 0.211. The normalized spacial score (nSPS) is 18.8. The first kappa shape index (κ1) is 14.2. The van der Waals surface area contributed by atoms with Gasteiger partial charge < -0.3 is 10.5 Å². The molecule has 4 nitrogen and oxygen atoms in total. The average Bonchev–Trinajstić information content (AvgIpc) is 2.86. The molecule has 0 bridgehead atoms. The van der Waals surface area contributed by atoms with Crippen LogP contribution in [0.2, 0.25) is 5.02 Å². The van der Waals surface area contributed by atoms with E-state index >= 15 is 0 Å². The van der Waals surface area contributed by atoms with Gasteiger partial charge in [0.25, 0.3) is 0 Å². The molecule has 1 saturated heterocycles. The van der Waals surface area contributed by atoms with E-state index in [9.17, 15) is 0 Å². The number of rotatable bonds is 4. The summed E-state index contributed by atoms with van der Waals surface area (Å²) < 4.78 is 5.98. The minimum absolute atomic E-state index is 0.211. The van der Waals surface area contributed by atoms with Gasteiger partial charge in [-0.1, -0.05) is 17.7 Å². The molecule has 3 rings (SSSR count). The molecule has 1 aliphatic heterocycles. The number of pyridine rings is 1. The maximum absolute atomic E-state index is 5.98. The SMILES string of the molecule is Nc1cc(CN2CCC(Oc3cccc(Cl)c3)C2)ccn1. The maximum atomic E-state index is 5.98. The molecule has 1 atom stereocenters. The van der Waals surface area contributed by atoms with Crippen molar-refractivity contribution in [2.75, 3.05) is 18.8 Å². The summed E-state index contributed by atoms with van der Waals surface area (Å²) in [6.07, 6.45) is 2.98. The van der Waals surface area contributed by atoms with E-state index in [0.717, 1.165) is 31.8 Å². The van der Waals surface area contributed by atoms with Crippen LogP contribution in [0, 0.1) is 0 Å². The van der Waals surface area contributed by atoms with Crippen LogP contribution in [-0.4, -0.2) is 29.1 Å². The highest BCUT2D eigenvalue weighted by Crippen LogP contribution is 2.22. The van der Waals surface area contributed by atoms with Crippen molar-refractivity contribution in [2.24, 2.45) is 0 Å². The van der Waals surface area contributed by atoms with Crippen molar-refractivity contribution in [3.05, 3.63) is 53.2 Å². The van der Waals surface area contributed by atoms with E-state index in [2.05, 4.69) is 9.88 Å². The van der Waals surface area contributed by atoms with Gasteiger partial charge in [-0.15, -0.1) is 0 Å². The molecule has 2 heterocycles. The lowest BCUT2D eigenvalue weighted by Gasteiger charge is -2.17. The van der Waals surface area contributed by atoms with E-state index in [4.69, 9.17) is 22.1 Å². The molecular weight excluding hydrogens is 286 g/mol. The van der Waals surface area contributed by atoms with E-state index in [0.29, 0.717) is 10.8 Å². The van der Waals surface area contributed by atoms with Crippen LogP contribution in [0.3, 0.4) is 0 Å². The second kappa shape index (κ2) is 6.33. The monoisotopic (exact) mass is 303 g/mol. The van der Waals surface area contributed by atoms with Crippen molar-refractivity contribution < 1.29 is 4.74 Å². The van der Waals surface area contributed by atoms with E-state index in [1.54, 1.807) is 6.20 Å². The molecule has 1 fully saturated rings. The van der Waals surface area contributed by atoms with Crippen molar-refractivity contribution in [1.29, 1.82) is 0 Å². The summed E-state index contributed by atoms with van der Waals surface area (Å²) in [4.78, 5) is 6.38. The molecule has 1 aromatic heterocycles. The number of nitrogens with zero attached hydrogens (tertiary/aromatic N) is 2. The molecule has 2 aromatic rings. The molecule has 1 unspecified atom stereocenters. The van der Waals surface area contributed by atoms with Crippen LogP contribution >= 0.6 is 11.6 Å². The minimum Gasteiger partial charge on any atom is -0.489 e. The molecule has 1 aliphatic rings. The molecule has 5 heteroatoms. The third-order valence-corrected chi connectivity index (χ3v) is 3.81. The zero-order chi connectivity index (χ0) is 14.7. The number of halogens is 1. The van der Waals surface area contributed by atoms with Gasteiger partial charge in [-0.05, 0) is 42.3 Å². The second-order valence-electron chi connectivity index (χ2n) is 5.31. The fourth-order valence-corrected chi connectivity index (χ4v) is 2.80. The molecule has 21 heavy (non-hydrogen) atoms. The Morgan fingerprint density at radius 2 is 2.24 bits per heavy atom. The number of aromatic nitrogens is 1. The summed E-state index contributed by atoms with van der Waals surface area (Å²) in [5, 5.41) is 0.703. The number of anilines is 1. The first-order chi connectivity index (χ1) is 10.2. The number of likely N-dealkylation sites (tertiary alicyclic amines) is 1. The van der Waals surface area contributed by atoms with Gasteiger partial charge in [-0.3, -0.25) is 4.90 Å². The van der Waals surface area contributed by atoms with Gasteiger partial charge in [0.15, 0.2) is 0 Å². The van der Waals surface area contributed by atoms with Crippen LogP contribution in [0.5, 0.6) is 5.75 Å². The van der Waals surface area contributed by atoms with Gasteiger partial charge in [0.1, 0.15) is 17.7 Å². The number of benzene rings is 1. The summed E-state index contributed by atoms with van der Waals surface area (Å²) in [7, 11) is 0. The first-order valence-electron chi connectivity index (χ1n) is 7.04. The Hall–Kier alpha value is -1.78. The first-order valence-corrected chi connectivity index (χ1v) is 7.42. The van der Waals surface area contributed by atoms with Gasteiger partial charge in [-0.25, -0.2) is 4.98 Å². The molecule has 110 valence electrons. The standard InChI is InChI=1S/C16H18ClN3O/c17-13-2-1-3-14(9-13)21-15-5-7-20(11-15)10-12-4-6-19-16(18)8-12/h1-4,6,8-9,15H,5,7,10-11H2,(H2,18,19). The summed E-state index contributed by atoms with van der Waals surface area (Å²) in [5.41, 5.74) is 6.90. The highest BCUT2D eigenvalue weighted by atomic mass is 35.5. The van der Waals surface area contributed by atoms with E-state index in [1.165, 1.54) is 5.56 Å². The van der Waals surface area contributed by atoms with Gasteiger partial charge in [0.2, 0.25) is 0 Å². The summed E-state index contributed by atoms with van der Waals surface area (Å²) in [6, 6.07) is 11.5. The van der Waals surface area contributed by atoms with E-state index < -0.39 is 0 Å². The van der Waals surface area contributed by atoms with Gasteiger partial charge in [-0.2, -0.15) is 0 Å². The fourth-order valence-electron chi connectivity index (χ4n) is 2.62. The lowest BCUT2D eigenvalue weighted by atomic mass is 10.2. The van der Waals surface area contributed by atoms with Crippen LogP contribution in [-0.2, 0) is 6.54 Å². The van der Waals surface area contributed by atoms with Crippen LogP contribution < -0.4 is 10.5 Å². The lowest BCUT2D eigenvalue weighted by Crippen LogP contribution is -2.24. The van der Waals surface area contributed by atoms with Gasteiger partial charge in [0, 0.05) is 30.9 Å². The molecule has 0 spiro atoms. The lowest BCUT2D eigenvalue weighted by molar-refractivity contribution is 0.198. The second-order valence-corrected chi connectivity index (χ2v) is 5.75. The number of hydrogen-bond acceptors (Lipinski definition) is 4. The zero-order valence-electron chi connectivity index (χ0n) is 11.7. The summed E-state index contributed by atoms with van der Waals surface area (Å²) in [6.45, 7) is 2.81. The van der Waals surface area contributed by atoms with E-state index in [1.807, 2.05) is 36.4 Å². The van der Waals surface area contributed by atoms with Gasteiger partial charge in [0.05, 0.1) is 0 Å². The molecule has 0 amide bonds. The Kier molecular flexibility index (Phi) is 4.27. The third kappa shape index (κ3) is 3.86. The highest BCUT2D eigenvalue weighted by molar-refractivity contribution is 6.30. The smallest absolute Gasteiger partial charge is 0.123 e. The van der Waals surface area contributed by atoms with Crippen molar-refractivity contribution >= 4 is 17.4 Å². The Balaban J connectivity index is 1.56. The zero-order valence-corrected chi connectivity index (χ0v) is 12.5. The Morgan fingerprint density at radius 1 is 1.33 bits per heavy atom. The predicted octanol–water partition coefficient (Wildman–Crippen LogP) is 2.97. The summed E-state index contributed by atoms with van der Waals surface area (Å²) in [5.74, 6) is 1.40. The van der Waals surface area contributed by atoms with Crippen molar-refractivity contribution in [2.45, 2.75) is 19.1 Å². The maximum Gasteiger partial charge on any atom is 0.123 e. The van der Waals surface area contributed by atoms with Crippen molar-refractivity contribution in [3.63, 3.8) is 0 Å². The predicted molar refractivity (Wildman–Crippen MR) is 84.4 cm³/mol. The molecular formula is C16H18ClN3O. The Labute approximate surface area is 129 Å².